The Labute approximate surface area is 172 Å². The normalized spacial score (nSPS) is 11.8. The Morgan fingerprint density at radius 2 is 2.07 bits per heavy atom. The van der Waals surface area contributed by atoms with Gasteiger partial charge in [-0.05, 0) is 19.3 Å². The summed E-state index contributed by atoms with van der Waals surface area (Å²) < 4.78 is 5.29. The molecule has 1 amide bonds. The number of carboxylic acid groups (broad SMARTS) is 1. The van der Waals surface area contributed by atoms with Gasteiger partial charge in [-0.25, -0.2) is 19.5 Å². The van der Waals surface area contributed by atoms with Gasteiger partial charge in [0, 0.05) is 6.54 Å². The zero-order chi connectivity index (χ0) is 22.1. The molecular formula is C17H27N9O4. The summed E-state index contributed by atoms with van der Waals surface area (Å²) >= 11 is 0. The number of aromatic nitrogens is 4. The molecule has 0 aliphatic carbocycles. The fourth-order valence-electron chi connectivity index (χ4n) is 2.72. The lowest BCUT2D eigenvalue weighted by atomic mass is 10.1. The van der Waals surface area contributed by atoms with E-state index in [0.29, 0.717) is 18.4 Å². The Morgan fingerprint density at radius 3 is 2.73 bits per heavy atom. The van der Waals surface area contributed by atoms with Gasteiger partial charge >= 0.3 is 12.1 Å². The van der Waals surface area contributed by atoms with Crippen LogP contribution in [-0.4, -0.2) is 62.3 Å². The van der Waals surface area contributed by atoms with Crippen molar-refractivity contribution in [1.29, 1.82) is 0 Å². The molecule has 0 saturated heterocycles. The van der Waals surface area contributed by atoms with E-state index >= 15 is 0 Å². The number of nitrogens with zero attached hydrogens (tertiary/aromatic N) is 5. The van der Waals surface area contributed by atoms with Crippen molar-refractivity contribution in [2.45, 2.75) is 45.1 Å². The van der Waals surface area contributed by atoms with E-state index in [1.54, 1.807) is 0 Å². The van der Waals surface area contributed by atoms with E-state index in [9.17, 15) is 14.7 Å². The molecule has 2 heterocycles. The van der Waals surface area contributed by atoms with Crippen LogP contribution in [0.2, 0.25) is 0 Å². The maximum absolute atomic E-state index is 12.8. The molecule has 0 aliphatic heterocycles. The van der Waals surface area contributed by atoms with Crippen LogP contribution in [0.25, 0.3) is 11.2 Å². The van der Waals surface area contributed by atoms with Crippen molar-refractivity contribution in [3.05, 3.63) is 6.20 Å². The third kappa shape index (κ3) is 6.18. The molecule has 2 aromatic rings. The second kappa shape index (κ2) is 10.8. The van der Waals surface area contributed by atoms with E-state index in [1.165, 1.54) is 6.20 Å². The first kappa shape index (κ1) is 22.6. The molecule has 0 fully saturated rings. The molecular weight excluding hydrogens is 394 g/mol. The number of carboxylic acids is 1. The molecule has 2 aromatic heterocycles. The van der Waals surface area contributed by atoms with E-state index in [4.69, 9.17) is 21.9 Å². The maximum atomic E-state index is 12.8. The number of imidazole rings is 1. The number of hydrogen-bond donors (Lipinski definition) is 5. The summed E-state index contributed by atoms with van der Waals surface area (Å²) in [5.41, 5.74) is 16.7. The number of hydrogen-bond acceptors (Lipinski definition) is 8. The SMILES string of the molecule is CCCCCOC(=O)N(c1nc2nc(N)ncc2[nH]1)[C@@H](CCCN=C(N)N)C(=O)O. The van der Waals surface area contributed by atoms with Crippen LogP contribution in [0.1, 0.15) is 39.0 Å². The molecule has 13 nitrogen and oxygen atoms in total. The van der Waals surface area contributed by atoms with E-state index in [1.807, 2.05) is 6.92 Å². The zero-order valence-corrected chi connectivity index (χ0v) is 16.7. The first-order valence-corrected chi connectivity index (χ1v) is 9.55. The highest BCUT2D eigenvalue weighted by Crippen LogP contribution is 2.21. The van der Waals surface area contributed by atoms with Gasteiger partial charge in [0.25, 0.3) is 0 Å². The lowest BCUT2D eigenvalue weighted by Gasteiger charge is -2.26. The molecule has 0 bridgehead atoms. The summed E-state index contributed by atoms with van der Waals surface area (Å²) in [7, 11) is 0. The maximum Gasteiger partial charge on any atom is 0.417 e. The van der Waals surface area contributed by atoms with Crippen molar-refractivity contribution in [2.75, 3.05) is 23.8 Å². The molecule has 30 heavy (non-hydrogen) atoms. The van der Waals surface area contributed by atoms with Crippen LogP contribution in [0.5, 0.6) is 0 Å². The van der Waals surface area contributed by atoms with E-state index in [0.717, 1.165) is 17.7 Å². The molecule has 0 aromatic carbocycles. The fourth-order valence-corrected chi connectivity index (χ4v) is 2.72. The lowest BCUT2D eigenvalue weighted by molar-refractivity contribution is -0.138. The van der Waals surface area contributed by atoms with Crippen LogP contribution in [0.15, 0.2) is 11.2 Å². The number of nitrogens with one attached hydrogen (secondary N) is 1. The zero-order valence-electron chi connectivity index (χ0n) is 16.7. The lowest BCUT2D eigenvalue weighted by Crippen LogP contribution is -2.46. The summed E-state index contributed by atoms with van der Waals surface area (Å²) in [5.74, 6) is -1.35. The minimum absolute atomic E-state index is 0.00117. The molecule has 1 atom stereocenters. The van der Waals surface area contributed by atoms with Crippen LogP contribution < -0.4 is 22.1 Å². The summed E-state index contributed by atoms with van der Waals surface area (Å²) in [6.07, 6.45) is 3.46. The predicted molar refractivity (Wildman–Crippen MR) is 111 cm³/mol. The van der Waals surface area contributed by atoms with E-state index < -0.39 is 18.1 Å². The van der Waals surface area contributed by atoms with Crippen LogP contribution in [0.3, 0.4) is 0 Å². The van der Waals surface area contributed by atoms with Gasteiger partial charge in [0.05, 0.1) is 12.8 Å². The number of carbonyl (C=O) groups is 2. The molecule has 13 heteroatoms. The van der Waals surface area contributed by atoms with Crippen molar-refractivity contribution in [1.82, 2.24) is 19.9 Å². The predicted octanol–water partition coefficient (Wildman–Crippen LogP) is 0.575. The first-order chi connectivity index (χ1) is 14.3. The number of aliphatic imine (C=N–C) groups is 1. The van der Waals surface area contributed by atoms with Gasteiger partial charge in [-0.1, -0.05) is 19.8 Å². The quantitative estimate of drug-likeness (QED) is 0.193. The van der Waals surface area contributed by atoms with E-state index in [2.05, 4.69) is 24.9 Å². The first-order valence-electron chi connectivity index (χ1n) is 9.55. The van der Waals surface area contributed by atoms with Crippen LogP contribution >= 0.6 is 0 Å². The number of guanidine groups is 1. The van der Waals surface area contributed by atoms with Crippen molar-refractivity contribution >= 4 is 41.1 Å². The molecule has 0 spiro atoms. The Kier molecular flexibility index (Phi) is 8.14. The minimum Gasteiger partial charge on any atom is -0.480 e. The minimum atomic E-state index is -1.26. The number of anilines is 2. The van der Waals surface area contributed by atoms with Crippen LogP contribution in [-0.2, 0) is 9.53 Å². The average Bonchev–Trinajstić information content (AvgIpc) is 3.09. The molecule has 0 radical (unpaired) electrons. The number of H-pyrrole nitrogens is 1. The monoisotopic (exact) mass is 421 g/mol. The molecule has 8 N–H and O–H groups in total. The van der Waals surface area contributed by atoms with Gasteiger partial charge in [-0.2, -0.15) is 9.97 Å². The highest BCUT2D eigenvalue weighted by Gasteiger charge is 2.34. The number of amides is 1. The Morgan fingerprint density at radius 1 is 1.30 bits per heavy atom. The molecule has 2 rings (SSSR count). The number of aliphatic carboxylic acids is 1. The second-order valence-corrected chi connectivity index (χ2v) is 6.52. The van der Waals surface area contributed by atoms with Crippen molar-refractivity contribution in [3.8, 4) is 0 Å². The van der Waals surface area contributed by atoms with Gasteiger partial charge in [0.15, 0.2) is 11.6 Å². The standard InChI is InChI=1S/C17H27N9O4/c1-2-3-4-8-30-17(29)26(11(13(27)28)6-5-7-21-14(18)19)16-23-10-9-22-15(20)24-12(10)25-16/h9,11H,2-8H2,1H3,(H,27,28)(H4,18,19,21)(H3,20,22,23,24,25)/t11-/m0/s1. The van der Waals surface area contributed by atoms with E-state index in [-0.39, 0.29) is 43.1 Å². The highest BCUT2D eigenvalue weighted by molar-refractivity contribution is 5.94. The van der Waals surface area contributed by atoms with Gasteiger partial charge < -0.3 is 32.0 Å². The Bertz CT molecular complexity index is 894. The van der Waals surface area contributed by atoms with Gasteiger partial charge in [-0.3, -0.25) is 4.99 Å². The number of nitrogens with two attached hydrogens (primary N) is 3. The molecule has 0 aliphatic rings. The Balaban J connectivity index is 2.30. The van der Waals surface area contributed by atoms with Crippen LogP contribution in [0.4, 0.5) is 16.7 Å². The number of fused-ring (bicyclic) bond motifs is 1. The van der Waals surface area contributed by atoms with Crippen molar-refractivity contribution in [2.24, 2.45) is 16.5 Å². The van der Waals surface area contributed by atoms with Gasteiger partial charge in [0.2, 0.25) is 11.9 Å². The summed E-state index contributed by atoms with van der Waals surface area (Å²) in [4.78, 5) is 44.4. The fraction of sp³-hybridized carbons (Fsp3) is 0.529. The molecule has 0 saturated carbocycles. The molecule has 0 unspecified atom stereocenters. The number of carbonyl (C=O) groups excluding carboxylic acids is 1. The second-order valence-electron chi connectivity index (χ2n) is 6.52. The Hall–Kier alpha value is -3.64. The summed E-state index contributed by atoms with van der Waals surface area (Å²) in [5, 5.41) is 9.77. The summed E-state index contributed by atoms with van der Waals surface area (Å²) in [6, 6.07) is -1.26. The van der Waals surface area contributed by atoms with Crippen molar-refractivity contribution < 1.29 is 19.4 Å². The number of ether oxygens (including phenoxy) is 1. The number of nitrogen functional groups attached to an aromatic ring is 1. The van der Waals surface area contributed by atoms with Crippen LogP contribution in [0, 0.1) is 0 Å². The smallest absolute Gasteiger partial charge is 0.417 e. The topological polar surface area (TPSA) is 212 Å². The summed E-state index contributed by atoms with van der Waals surface area (Å²) in [6.45, 7) is 2.40. The highest BCUT2D eigenvalue weighted by atomic mass is 16.6. The van der Waals surface area contributed by atoms with Gasteiger partial charge in [0.1, 0.15) is 11.6 Å². The number of rotatable bonds is 11. The number of unbranched alkanes of at least 4 members (excludes halogenated alkanes) is 2. The van der Waals surface area contributed by atoms with Gasteiger partial charge in [-0.15, -0.1) is 0 Å². The largest absolute Gasteiger partial charge is 0.480 e. The third-order valence-electron chi connectivity index (χ3n) is 4.17. The average molecular weight is 421 g/mol. The third-order valence-corrected chi connectivity index (χ3v) is 4.17. The number of aromatic amines is 1. The molecule has 164 valence electrons. The van der Waals surface area contributed by atoms with Crippen molar-refractivity contribution in [3.63, 3.8) is 0 Å².